The number of thiol groups is 1. The van der Waals surface area contributed by atoms with Crippen LogP contribution in [0.4, 0.5) is 0 Å². The second-order valence-electron chi connectivity index (χ2n) is 2.00. The number of hydrogen-bond donors (Lipinski definition) is 2. The molecule has 0 aliphatic rings. The predicted octanol–water partition coefficient (Wildman–Crippen LogP) is 0.420. The van der Waals surface area contributed by atoms with Crippen LogP contribution in [0.1, 0.15) is 5.56 Å². The minimum atomic E-state index is 0.271. The fraction of sp³-hybridized carbons (Fsp3) is 0.333. The molecule has 4 nitrogen and oxygen atoms in total. The van der Waals surface area contributed by atoms with Crippen molar-refractivity contribution in [3.8, 4) is 6.01 Å². The summed E-state index contributed by atoms with van der Waals surface area (Å²) in [4.78, 5) is 7.73. The van der Waals surface area contributed by atoms with Gasteiger partial charge in [0.15, 0.2) is 0 Å². The van der Waals surface area contributed by atoms with Gasteiger partial charge in [-0.05, 0) is 7.05 Å². The van der Waals surface area contributed by atoms with E-state index < -0.39 is 0 Å². The number of nitrogens with one attached hydrogen (secondary N) is 1. The van der Waals surface area contributed by atoms with Gasteiger partial charge in [-0.2, -0.15) is 0 Å². The number of aromatic nitrogens is 2. The lowest BCUT2D eigenvalue weighted by atomic mass is 10.3. The molecule has 0 aliphatic carbocycles. The van der Waals surface area contributed by atoms with E-state index in [4.69, 9.17) is 0 Å². The van der Waals surface area contributed by atoms with Crippen molar-refractivity contribution in [2.75, 3.05) is 7.05 Å². The third kappa shape index (κ3) is 2.36. The molecule has 0 unspecified atom stereocenters. The van der Waals surface area contributed by atoms with Gasteiger partial charge in [0.05, 0.1) is 0 Å². The number of hydrogen-bond acceptors (Lipinski definition) is 5. The lowest BCUT2D eigenvalue weighted by Crippen LogP contribution is -2.05. The molecule has 0 saturated heterocycles. The SMILES string of the molecule is CNCc1cnc(OS)nc1. The maximum absolute atomic E-state index is 4.50. The lowest BCUT2D eigenvalue weighted by molar-refractivity contribution is 0.591. The van der Waals surface area contributed by atoms with Gasteiger partial charge in [-0.3, -0.25) is 0 Å². The monoisotopic (exact) mass is 171 g/mol. The van der Waals surface area contributed by atoms with Crippen LogP contribution in [0, 0.1) is 0 Å². The Bertz CT molecular complexity index is 214. The zero-order chi connectivity index (χ0) is 8.10. The molecule has 0 amide bonds. The summed E-state index contributed by atoms with van der Waals surface area (Å²) in [6, 6.07) is 0.271. The van der Waals surface area contributed by atoms with Crippen LogP contribution >= 0.6 is 12.9 Å². The Kier molecular flexibility index (Phi) is 3.13. The Morgan fingerprint density at radius 1 is 1.55 bits per heavy atom. The van der Waals surface area contributed by atoms with E-state index in [0.29, 0.717) is 0 Å². The van der Waals surface area contributed by atoms with Gasteiger partial charge < -0.3 is 9.50 Å². The first kappa shape index (κ1) is 8.29. The molecule has 1 N–H and O–H groups in total. The minimum Gasteiger partial charge on any atom is -0.392 e. The molecule has 0 fully saturated rings. The van der Waals surface area contributed by atoms with Crippen LogP contribution in [0.15, 0.2) is 12.4 Å². The molecule has 0 bridgehead atoms. The Balaban J connectivity index is 2.66. The minimum absolute atomic E-state index is 0.271. The van der Waals surface area contributed by atoms with Crippen LogP contribution in [0.3, 0.4) is 0 Å². The van der Waals surface area contributed by atoms with Gasteiger partial charge in [-0.15, -0.1) is 0 Å². The van der Waals surface area contributed by atoms with Crippen molar-refractivity contribution in [3.05, 3.63) is 18.0 Å². The molecule has 0 spiro atoms. The van der Waals surface area contributed by atoms with E-state index >= 15 is 0 Å². The molecule has 0 aromatic carbocycles. The van der Waals surface area contributed by atoms with E-state index in [9.17, 15) is 0 Å². The van der Waals surface area contributed by atoms with Crippen LogP contribution in [0.2, 0.25) is 0 Å². The Morgan fingerprint density at radius 2 is 2.18 bits per heavy atom. The molecule has 0 radical (unpaired) electrons. The summed E-state index contributed by atoms with van der Waals surface area (Å²) in [7, 11) is 1.86. The molecule has 11 heavy (non-hydrogen) atoms. The zero-order valence-corrected chi connectivity index (χ0v) is 7.01. The molecule has 1 aromatic heterocycles. The van der Waals surface area contributed by atoms with Gasteiger partial charge in [-0.1, -0.05) is 0 Å². The molecular weight excluding hydrogens is 162 g/mol. The summed E-state index contributed by atoms with van der Waals surface area (Å²) >= 11 is 3.56. The van der Waals surface area contributed by atoms with Crippen LogP contribution in [0.5, 0.6) is 6.01 Å². The quantitative estimate of drug-likeness (QED) is 0.511. The van der Waals surface area contributed by atoms with E-state index in [1.54, 1.807) is 12.4 Å². The largest absolute Gasteiger partial charge is 0.392 e. The predicted molar refractivity (Wildman–Crippen MR) is 44.4 cm³/mol. The average Bonchev–Trinajstić information content (AvgIpc) is 2.07. The molecule has 0 saturated carbocycles. The van der Waals surface area contributed by atoms with Crippen molar-refractivity contribution >= 4 is 12.9 Å². The fourth-order valence-electron chi connectivity index (χ4n) is 0.685. The summed E-state index contributed by atoms with van der Waals surface area (Å²) in [5.41, 5.74) is 1.02. The first-order valence-corrected chi connectivity index (χ1v) is 3.50. The Morgan fingerprint density at radius 3 is 2.64 bits per heavy atom. The van der Waals surface area contributed by atoms with Gasteiger partial charge in [0.2, 0.25) is 0 Å². The summed E-state index contributed by atoms with van der Waals surface area (Å²) in [5.74, 6) is 0. The van der Waals surface area contributed by atoms with E-state index in [1.807, 2.05) is 7.05 Å². The maximum atomic E-state index is 4.50. The summed E-state index contributed by atoms with van der Waals surface area (Å²) in [6.45, 7) is 0.757. The zero-order valence-electron chi connectivity index (χ0n) is 6.11. The van der Waals surface area contributed by atoms with Crippen LogP contribution < -0.4 is 9.50 Å². The van der Waals surface area contributed by atoms with Gasteiger partial charge in [0, 0.05) is 37.4 Å². The molecule has 1 heterocycles. The second kappa shape index (κ2) is 4.15. The molecular formula is C6H9N3OS. The third-order valence-electron chi connectivity index (χ3n) is 1.14. The van der Waals surface area contributed by atoms with Crippen molar-refractivity contribution in [3.63, 3.8) is 0 Å². The number of nitrogens with zero attached hydrogens (tertiary/aromatic N) is 2. The van der Waals surface area contributed by atoms with E-state index in [0.717, 1.165) is 12.1 Å². The van der Waals surface area contributed by atoms with Crippen LogP contribution in [-0.2, 0) is 6.54 Å². The molecule has 60 valence electrons. The van der Waals surface area contributed by atoms with Crippen molar-refractivity contribution in [2.24, 2.45) is 0 Å². The molecule has 1 rings (SSSR count). The number of rotatable bonds is 3. The molecule has 0 atom stereocenters. The highest BCUT2D eigenvalue weighted by Gasteiger charge is 1.94. The average molecular weight is 171 g/mol. The van der Waals surface area contributed by atoms with Gasteiger partial charge >= 0.3 is 6.01 Å². The van der Waals surface area contributed by atoms with Crippen molar-refractivity contribution in [1.82, 2.24) is 15.3 Å². The van der Waals surface area contributed by atoms with E-state index in [2.05, 4.69) is 32.4 Å². The maximum Gasteiger partial charge on any atom is 0.328 e. The molecule has 0 aliphatic heterocycles. The smallest absolute Gasteiger partial charge is 0.328 e. The van der Waals surface area contributed by atoms with Crippen molar-refractivity contribution in [1.29, 1.82) is 0 Å². The fourth-order valence-corrected chi connectivity index (χ4v) is 0.780. The second-order valence-corrected chi connectivity index (χ2v) is 2.18. The van der Waals surface area contributed by atoms with Crippen LogP contribution in [-0.4, -0.2) is 17.0 Å². The normalized spacial score (nSPS) is 9.64. The summed E-state index contributed by atoms with van der Waals surface area (Å²) in [5, 5.41) is 2.98. The highest BCUT2D eigenvalue weighted by Crippen LogP contribution is 2.02. The van der Waals surface area contributed by atoms with Gasteiger partial charge in [-0.25, -0.2) is 9.97 Å². The standard InChI is InChI=1S/C6H9N3OS/c1-7-2-5-3-8-6(10-11)9-4-5/h3-4,7,11H,2H2,1H3. The van der Waals surface area contributed by atoms with E-state index in [-0.39, 0.29) is 6.01 Å². The van der Waals surface area contributed by atoms with Crippen LogP contribution in [0.25, 0.3) is 0 Å². The summed E-state index contributed by atoms with van der Waals surface area (Å²) in [6.07, 6.45) is 3.38. The van der Waals surface area contributed by atoms with E-state index in [1.165, 1.54) is 0 Å². The van der Waals surface area contributed by atoms with Gasteiger partial charge in [0.1, 0.15) is 0 Å². The van der Waals surface area contributed by atoms with Gasteiger partial charge in [0.25, 0.3) is 0 Å². The third-order valence-corrected chi connectivity index (χ3v) is 1.31. The Hall–Kier alpha value is -0.810. The topological polar surface area (TPSA) is 47.0 Å². The van der Waals surface area contributed by atoms with Crippen molar-refractivity contribution in [2.45, 2.75) is 6.54 Å². The highest BCUT2D eigenvalue weighted by atomic mass is 32.1. The lowest BCUT2D eigenvalue weighted by Gasteiger charge is -1.98. The molecule has 1 aromatic rings. The first-order valence-electron chi connectivity index (χ1n) is 3.13. The first-order chi connectivity index (χ1) is 5.36. The Labute approximate surface area is 70.6 Å². The summed E-state index contributed by atoms with van der Waals surface area (Å²) < 4.78 is 4.50. The molecule has 5 heteroatoms. The highest BCUT2D eigenvalue weighted by molar-refractivity contribution is 7.75. The van der Waals surface area contributed by atoms with Crippen molar-refractivity contribution < 1.29 is 4.18 Å².